The van der Waals surface area contributed by atoms with Crippen LogP contribution in [0.5, 0.6) is 0 Å². The molecule has 0 bridgehead atoms. The molecular weight excluding hydrogens is 248 g/mol. The van der Waals surface area contributed by atoms with Gasteiger partial charge in [-0.3, -0.25) is 0 Å². The highest BCUT2D eigenvalue weighted by molar-refractivity contribution is 7.89. The highest BCUT2D eigenvalue weighted by atomic mass is 32.2. The highest BCUT2D eigenvalue weighted by Crippen LogP contribution is 2.28. The molecular formula is C13H28N2O2S. The van der Waals surface area contributed by atoms with Crippen molar-refractivity contribution in [1.82, 2.24) is 10.0 Å². The zero-order valence-electron chi connectivity index (χ0n) is 11.9. The van der Waals surface area contributed by atoms with Crippen molar-refractivity contribution in [3.05, 3.63) is 0 Å². The van der Waals surface area contributed by atoms with E-state index in [2.05, 4.69) is 23.9 Å². The van der Waals surface area contributed by atoms with E-state index in [9.17, 15) is 8.42 Å². The van der Waals surface area contributed by atoms with E-state index >= 15 is 0 Å². The van der Waals surface area contributed by atoms with Gasteiger partial charge in [-0.1, -0.05) is 26.7 Å². The van der Waals surface area contributed by atoms with E-state index in [1.807, 2.05) is 0 Å². The summed E-state index contributed by atoms with van der Waals surface area (Å²) < 4.78 is 24.9. The summed E-state index contributed by atoms with van der Waals surface area (Å²) >= 11 is 0. The predicted octanol–water partition coefficient (Wildman–Crippen LogP) is 1.73. The van der Waals surface area contributed by atoms with Crippen molar-refractivity contribution in [2.75, 3.05) is 19.3 Å². The zero-order chi connectivity index (χ0) is 13.6. The van der Waals surface area contributed by atoms with Crippen LogP contribution < -0.4 is 10.0 Å². The standard InChI is InChI=1S/C13H28N2O2S/c1-11(2)12-5-4-6-13(8-7-12)15-9-10-18(16,17)14-3/h11-15H,4-10H2,1-3H3. The predicted molar refractivity (Wildman–Crippen MR) is 76.1 cm³/mol. The molecule has 2 atom stereocenters. The maximum Gasteiger partial charge on any atom is 0.212 e. The summed E-state index contributed by atoms with van der Waals surface area (Å²) in [5.41, 5.74) is 0. The van der Waals surface area contributed by atoms with Gasteiger partial charge in [0.25, 0.3) is 0 Å². The SMILES string of the molecule is CNS(=O)(=O)CCNC1CCCC(C(C)C)CC1. The summed E-state index contributed by atoms with van der Waals surface area (Å²) in [5, 5.41) is 3.39. The van der Waals surface area contributed by atoms with Crippen molar-refractivity contribution in [1.29, 1.82) is 0 Å². The average Bonchev–Trinajstić information content (AvgIpc) is 2.54. The first-order chi connectivity index (χ1) is 8.44. The molecule has 2 unspecified atom stereocenters. The number of sulfonamides is 1. The maximum absolute atomic E-state index is 11.3. The minimum Gasteiger partial charge on any atom is -0.313 e. The van der Waals surface area contributed by atoms with E-state index in [0.29, 0.717) is 12.6 Å². The summed E-state index contributed by atoms with van der Waals surface area (Å²) in [5.74, 6) is 1.79. The first-order valence-electron chi connectivity index (χ1n) is 7.09. The Morgan fingerprint density at radius 1 is 1.17 bits per heavy atom. The number of nitrogens with one attached hydrogen (secondary N) is 2. The maximum atomic E-state index is 11.3. The normalized spacial score (nSPS) is 26.2. The zero-order valence-corrected chi connectivity index (χ0v) is 12.7. The largest absolute Gasteiger partial charge is 0.313 e. The van der Waals surface area contributed by atoms with E-state index < -0.39 is 10.0 Å². The van der Waals surface area contributed by atoms with Crippen molar-refractivity contribution in [2.24, 2.45) is 11.8 Å². The highest BCUT2D eigenvalue weighted by Gasteiger charge is 2.20. The number of hydrogen-bond donors (Lipinski definition) is 2. The molecule has 1 aliphatic carbocycles. The fraction of sp³-hybridized carbons (Fsp3) is 1.00. The molecule has 0 aromatic rings. The Bertz CT molecular complexity index is 328. The molecule has 0 radical (unpaired) electrons. The van der Waals surface area contributed by atoms with E-state index in [1.165, 1.54) is 39.2 Å². The summed E-state index contributed by atoms with van der Waals surface area (Å²) in [4.78, 5) is 0. The van der Waals surface area contributed by atoms with Gasteiger partial charge in [-0.25, -0.2) is 13.1 Å². The Morgan fingerprint density at radius 3 is 2.50 bits per heavy atom. The fourth-order valence-electron chi connectivity index (χ4n) is 2.70. The van der Waals surface area contributed by atoms with Crippen LogP contribution in [0.4, 0.5) is 0 Å². The van der Waals surface area contributed by atoms with Crippen molar-refractivity contribution in [3.63, 3.8) is 0 Å². The first-order valence-corrected chi connectivity index (χ1v) is 8.74. The average molecular weight is 276 g/mol. The molecule has 18 heavy (non-hydrogen) atoms. The van der Waals surface area contributed by atoms with Crippen LogP contribution in [0.25, 0.3) is 0 Å². The minimum atomic E-state index is -3.07. The summed E-state index contributed by atoms with van der Waals surface area (Å²) in [7, 11) is -1.60. The third kappa shape index (κ3) is 5.67. The first kappa shape index (κ1) is 15.9. The Hall–Kier alpha value is -0.130. The van der Waals surface area contributed by atoms with Crippen LogP contribution in [0, 0.1) is 11.8 Å². The van der Waals surface area contributed by atoms with Gasteiger partial charge in [0.05, 0.1) is 5.75 Å². The van der Waals surface area contributed by atoms with Gasteiger partial charge in [-0.05, 0) is 38.1 Å². The molecule has 0 heterocycles. The molecule has 2 N–H and O–H groups in total. The van der Waals surface area contributed by atoms with Gasteiger partial charge >= 0.3 is 0 Å². The van der Waals surface area contributed by atoms with Gasteiger partial charge in [0.2, 0.25) is 10.0 Å². The van der Waals surface area contributed by atoms with Crippen LogP contribution in [0.15, 0.2) is 0 Å². The second kappa shape index (κ2) is 7.46. The molecule has 0 aliphatic heterocycles. The van der Waals surface area contributed by atoms with Gasteiger partial charge in [0.15, 0.2) is 0 Å². The van der Waals surface area contributed by atoms with E-state index in [1.54, 1.807) is 0 Å². The molecule has 4 nitrogen and oxygen atoms in total. The van der Waals surface area contributed by atoms with E-state index in [-0.39, 0.29) is 5.75 Å². The lowest BCUT2D eigenvalue weighted by molar-refractivity contribution is 0.338. The fourth-order valence-corrected chi connectivity index (χ4v) is 3.29. The van der Waals surface area contributed by atoms with Crippen LogP contribution in [0.2, 0.25) is 0 Å². The third-order valence-corrected chi connectivity index (χ3v) is 5.43. The molecule has 1 rings (SSSR count). The van der Waals surface area contributed by atoms with Crippen LogP contribution >= 0.6 is 0 Å². The molecule has 1 fully saturated rings. The Balaban J connectivity index is 2.28. The third-order valence-electron chi connectivity index (χ3n) is 4.07. The molecule has 0 saturated heterocycles. The molecule has 0 aromatic carbocycles. The van der Waals surface area contributed by atoms with Crippen LogP contribution in [0.1, 0.15) is 46.0 Å². The van der Waals surface area contributed by atoms with Crippen molar-refractivity contribution in [3.8, 4) is 0 Å². The Labute approximate surface area is 112 Å². The smallest absolute Gasteiger partial charge is 0.212 e. The van der Waals surface area contributed by atoms with Gasteiger partial charge in [-0.15, -0.1) is 0 Å². The van der Waals surface area contributed by atoms with Crippen LogP contribution in [0.3, 0.4) is 0 Å². The van der Waals surface area contributed by atoms with Gasteiger partial charge in [0, 0.05) is 12.6 Å². The summed E-state index contributed by atoms with van der Waals surface area (Å²) in [6.07, 6.45) is 6.23. The van der Waals surface area contributed by atoms with Crippen molar-refractivity contribution in [2.45, 2.75) is 52.0 Å². The quantitative estimate of drug-likeness (QED) is 0.726. The van der Waals surface area contributed by atoms with Crippen LogP contribution in [-0.4, -0.2) is 33.8 Å². The van der Waals surface area contributed by atoms with Crippen LogP contribution in [-0.2, 0) is 10.0 Å². The van der Waals surface area contributed by atoms with Gasteiger partial charge < -0.3 is 5.32 Å². The second-order valence-corrected chi connectivity index (χ2v) is 7.73. The number of rotatable bonds is 6. The molecule has 0 amide bonds. The minimum absolute atomic E-state index is 0.174. The lowest BCUT2D eigenvalue weighted by Gasteiger charge is -2.19. The monoisotopic (exact) mass is 276 g/mol. The topological polar surface area (TPSA) is 58.2 Å². The van der Waals surface area contributed by atoms with Crippen molar-refractivity contribution < 1.29 is 8.42 Å². The van der Waals surface area contributed by atoms with Gasteiger partial charge in [-0.2, -0.15) is 0 Å². The molecule has 0 aromatic heterocycles. The molecule has 0 spiro atoms. The second-order valence-electron chi connectivity index (χ2n) is 5.69. The van der Waals surface area contributed by atoms with Gasteiger partial charge in [0.1, 0.15) is 0 Å². The van der Waals surface area contributed by atoms with E-state index in [4.69, 9.17) is 0 Å². The molecule has 108 valence electrons. The Morgan fingerprint density at radius 2 is 1.89 bits per heavy atom. The Kier molecular flexibility index (Phi) is 6.60. The summed E-state index contributed by atoms with van der Waals surface area (Å²) in [6.45, 7) is 5.16. The lowest BCUT2D eigenvalue weighted by atomic mass is 9.89. The van der Waals surface area contributed by atoms with Crippen molar-refractivity contribution >= 4 is 10.0 Å². The lowest BCUT2D eigenvalue weighted by Crippen LogP contribution is -2.35. The van der Waals surface area contributed by atoms with E-state index in [0.717, 1.165) is 11.8 Å². The number of hydrogen-bond acceptors (Lipinski definition) is 3. The molecule has 5 heteroatoms. The molecule has 1 aliphatic rings. The molecule has 1 saturated carbocycles. The summed E-state index contributed by atoms with van der Waals surface area (Å²) in [6, 6.07) is 0.501.